The lowest BCUT2D eigenvalue weighted by atomic mass is 9.33. The molecular weight excluding hydrogens is 643 g/mol. The molecule has 11 aromatic rings. The van der Waals surface area contributed by atoms with Crippen LogP contribution in [0.3, 0.4) is 0 Å². The van der Waals surface area contributed by atoms with E-state index in [2.05, 4.69) is 159 Å². The molecule has 2 aromatic heterocycles. The van der Waals surface area contributed by atoms with Gasteiger partial charge in [0.05, 0.1) is 0 Å². The molecule has 0 N–H and O–H groups in total. The van der Waals surface area contributed by atoms with Gasteiger partial charge in [-0.15, -0.1) is 0 Å². The summed E-state index contributed by atoms with van der Waals surface area (Å²) in [5, 5.41) is 15.5. The van der Waals surface area contributed by atoms with Crippen molar-refractivity contribution in [2.24, 2.45) is 0 Å². The third-order valence-electron chi connectivity index (χ3n) is 12.0. The molecular formula is C48H27BN4. The molecule has 13 rings (SSSR count). The van der Waals surface area contributed by atoms with Crippen molar-refractivity contribution in [3.63, 3.8) is 0 Å². The first-order chi connectivity index (χ1) is 26.3. The Balaban J connectivity index is 1.24. The van der Waals surface area contributed by atoms with E-state index in [9.17, 15) is 0 Å². The summed E-state index contributed by atoms with van der Waals surface area (Å²) < 4.78 is 0. The van der Waals surface area contributed by atoms with Gasteiger partial charge in [0.2, 0.25) is 0 Å². The van der Waals surface area contributed by atoms with Crippen LogP contribution in [-0.2, 0) is 0 Å². The average molecular weight is 671 g/mol. The highest BCUT2D eigenvalue weighted by Crippen LogP contribution is 2.50. The molecule has 0 saturated heterocycles. The Morgan fingerprint density at radius 1 is 0.377 bits per heavy atom. The topological polar surface area (TPSA) is 32.3 Å². The molecule has 53 heavy (non-hydrogen) atoms. The Morgan fingerprint density at radius 3 is 1.23 bits per heavy atom. The minimum Gasteiger partial charge on any atom is -0.311 e. The number of fused-ring (bicyclic) bond motifs is 6. The maximum Gasteiger partial charge on any atom is 0.252 e. The Kier molecular flexibility index (Phi) is 5.16. The first-order valence-electron chi connectivity index (χ1n) is 18.3. The Hall–Kier alpha value is -6.98. The van der Waals surface area contributed by atoms with Crippen LogP contribution in [0, 0.1) is 0 Å². The van der Waals surface area contributed by atoms with E-state index in [4.69, 9.17) is 0 Å². The number of aromatic nitrogens is 2. The zero-order valence-electron chi connectivity index (χ0n) is 28.5. The first-order valence-corrected chi connectivity index (χ1v) is 18.3. The predicted molar refractivity (Wildman–Crippen MR) is 223 cm³/mol. The summed E-state index contributed by atoms with van der Waals surface area (Å²) in [6.45, 7) is -0.00814. The van der Waals surface area contributed by atoms with Crippen molar-refractivity contribution in [2.75, 3.05) is 9.80 Å². The zero-order chi connectivity index (χ0) is 34.4. The molecule has 0 radical (unpaired) electrons. The van der Waals surface area contributed by atoms with Crippen LogP contribution in [0.2, 0.25) is 0 Å². The van der Waals surface area contributed by atoms with Crippen molar-refractivity contribution in [3.05, 3.63) is 164 Å². The van der Waals surface area contributed by atoms with Crippen molar-refractivity contribution in [1.29, 1.82) is 0 Å². The summed E-state index contributed by atoms with van der Waals surface area (Å²) in [5.41, 5.74) is 11.0. The fourth-order valence-electron chi connectivity index (χ4n) is 10.0. The second-order valence-corrected chi connectivity index (χ2v) is 14.6. The minimum atomic E-state index is -0.00814. The van der Waals surface area contributed by atoms with Crippen molar-refractivity contribution in [2.45, 2.75) is 0 Å². The van der Waals surface area contributed by atoms with Gasteiger partial charge in [0.15, 0.2) is 0 Å². The molecule has 0 saturated carbocycles. The molecule has 0 aliphatic carbocycles. The van der Waals surface area contributed by atoms with Gasteiger partial charge in [-0.2, -0.15) is 0 Å². The van der Waals surface area contributed by atoms with Gasteiger partial charge in [0.25, 0.3) is 6.71 Å². The molecule has 242 valence electrons. The van der Waals surface area contributed by atoms with Crippen molar-refractivity contribution in [3.8, 4) is 0 Å². The van der Waals surface area contributed by atoms with Crippen LogP contribution in [0.15, 0.2) is 164 Å². The van der Waals surface area contributed by atoms with Gasteiger partial charge in [-0.25, -0.2) is 0 Å². The van der Waals surface area contributed by atoms with Gasteiger partial charge in [-0.3, -0.25) is 9.97 Å². The van der Waals surface area contributed by atoms with E-state index in [-0.39, 0.29) is 6.71 Å². The maximum atomic E-state index is 4.45. The number of hydrogen-bond donors (Lipinski definition) is 0. The molecule has 5 heteroatoms. The summed E-state index contributed by atoms with van der Waals surface area (Å²) >= 11 is 0. The Labute approximate surface area is 304 Å². The van der Waals surface area contributed by atoms with Crippen molar-refractivity contribution in [1.82, 2.24) is 9.97 Å². The molecule has 9 aromatic carbocycles. The monoisotopic (exact) mass is 670 g/mol. The summed E-state index contributed by atoms with van der Waals surface area (Å²) in [4.78, 5) is 13.9. The number of pyridine rings is 2. The van der Waals surface area contributed by atoms with Crippen LogP contribution in [-0.4, -0.2) is 16.7 Å². The molecule has 0 amide bonds. The number of nitrogens with zero attached hydrogens (tertiary/aromatic N) is 4. The van der Waals surface area contributed by atoms with Gasteiger partial charge in [0.1, 0.15) is 0 Å². The van der Waals surface area contributed by atoms with Gasteiger partial charge < -0.3 is 9.80 Å². The number of rotatable bonds is 2. The Morgan fingerprint density at radius 2 is 0.774 bits per heavy atom. The summed E-state index contributed by atoms with van der Waals surface area (Å²) in [6, 6.07) is 52.3. The van der Waals surface area contributed by atoms with E-state index in [0.717, 1.165) is 11.4 Å². The third kappa shape index (κ3) is 3.47. The highest BCUT2D eigenvalue weighted by Gasteiger charge is 2.45. The average Bonchev–Trinajstić information content (AvgIpc) is 3.22. The normalized spacial score (nSPS) is 13.5. The molecule has 0 atom stereocenters. The van der Waals surface area contributed by atoms with E-state index in [1.165, 1.54) is 104 Å². The standard InChI is InChI=1S/C48H27BN4/c1-4-28-10-12-32-26-38-47(36-16-14-30(6-1)42(28)44(32)36)52(34-18-22-50-23-19-34)40-8-3-9-41-46(40)49(38)39-27-33-13-11-29-5-2-7-31-15-17-37(45(33)43(29)31)48(39)53(41)35-20-24-51-25-21-35/h1-27H. The molecule has 2 aliphatic rings. The van der Waals surface area contributed by atoms with Gasteiger partial charge in [-0.1, -0.05) is 103 Å². The molecule has 4 nitrogen and oxygen atoms in total. The van der Waals surface area contributed by atoms with E-state index >= 15 is 0 Å². The fourth-order valence-corrected chi connectivity index (χ4v) is 10.0. The quantitative estimate of drug-likeness (QED) is 0.135. The first kappa shape index (κ1) is 27.7. The smallest absolute Gasteiger partial charge is 0.252 e. The highest BCUT2D eigenvalue weighted by atomic mass is 15.2. The van der Waals surface area contributed by atoms with Crippen LogP contribution in [0.1, 0.15) is 0 Å². The van der Waals surface area contributed by atoms with E-state index in [0.29, 0.717) is 0 Å². The summed E-state index contributed by atoms with van der Waals surface area (Å²) in [6.07, 6.45) is 7.64. The molecule has 0 spiro atoms. The van der Waals surface area contributed by atoms with E-state index < -0.39 is 0 Å². The van der Waals surface area contributed by atoms with Gasteiger partial charge in [0, 0.05) is 69.7 Å². The maximum absolute atomic E-state index is 4.45. The third-order valence-corrected chi connectivity index (χ3v) is 12.0. The molecule has 0 unspecified atom stereocenters. The predicted octanol–water partition coefficient (Wildman–Crippen LogP) is 10.4. The van der Waals surface area contributed by atoms with Gasteiger partial charge in [-0.05, 0) is 107 Å². The van der Waals surface area contributed by atoms with E-state index in [1.807, 2.05) is 24.8 Å². The SMILES string of the molecule is c1cc2c3c(c1)N(c1ccncc1)c1c(cc4ccc5cccc6ccc1c4c56)B3c1cc3ccc4cccc5ccc(c1N2c1ccncc1)c3c45. The summed E-state index contributed by atoms with van der Waals surface area (Å²) in [5.74, 6) is 0. The van der Waals surface area contributed by atoms with Crippen molar-refractivity contribution >= 4 is 122 Å². The number of hydrogen-bond acceptors (Lipinski definition) is 4. The van der Waals surface area contributed by atoms with Crippen molar-refractivity contribution < 1.29 is 0 Å². The molecule has 2 aliphatic heterocycles. The Bertz CT molecular complexity index is 3060. The number of anilines is 6. The van der Waals surface area contributed by atoms with Crippen LogP contribution < -0.4 is 26.2 Å². The largest absolute Gasteiger partial charge is 0.311 e. The minimum absolute atomic E-state index is 0.00814. The molecule has 4 heterocycles. The second kappa shape index (κ2) is 9.87. The van der Waals surface area contributed by atoms with E-state index in [1.54, 1.807) is 0 Å². The molecule has 0 bridgehead atoms. The summed E-state index contributed by atoms with van der Waals surface area (Å²) in [7, 11) is 0. The second-order valence-electron chi connectivity index (χ2n) is 14.6. The zero-order valence-corrected chi connectivity index (χ0v) is 28.5. The highest BCUT2D eigenvalue weighted by molar-refractivity contribution is 7.01. The molecule has 0 fully saturated rings. The number of benzene rings is 9. The van der Waals surface area contributed by atoms with Gasteiger partial charge >= 0.3 is 0 Å². The lowest BCUT2D eigenvalue weighted by Gasteiger charge is -2.45. The fraction of sp³-hybridized carbons (Fsp3) is 0. The van der Waals surface area contributed by atoms with Crippen LogP contribution in [0.4, 0.5) is 34.1 Å². The van der Waals surface area contributed by atoms with Crippen LogP contribution in [0.5, 0.6) is 0 Å². The van der Waals surface area contributed by atoms with Crippen LogP contribution in [0.25, 0.3) is 64.6 Å². The lowest BCUT2D eigenvalue weighted by molar-refractivity contribution is 1.23. The van der Waals surface area contributed by atoms with Crippen LogP contribution >= 0.6 is 0 Å². The lowest BCUT2D eigenvalue weighted by Crippen LogP contribution is -2.61.